The summed E-state index contributed by atoms with van der Waals surface area (Å²) in [5.41, 5.74) is 13.7. The molecule has 0 spiro atoms. The lowest BCUT2D eigenvalue weighted by molar-refractivity contribution is 0.315. The molecule has 0 bridgehead atoms. The Morgan fingerprint density at radius 3 is 1.03 bits per heavy atom. The normalized spacial score (nSPS) is 19.2. The number of rotatable bonds is 16. The number of hydrogen-bond donors (Lipinski definition) is 0. The number of aliphatic imine (C=N–C) groups is 4. The summed E-state index contributed by atoms with van der Waals surface area (Å²) in [7, 11) is -1.84. The minimum Gasteiger partial charge on any atom is -0.475 e. The first-order valence-corrected chi connectivity index (χ1v) is 33.6. The van der Waals surface area contributed by atoms with Crippen LogP contribution in [0.15, 0.2) is 147 Å². The summed E-state index contributed by atoms with van der Waals surface area (Å²) in [6.45, 7) is 18.6. The highest BCUT2D eigenvalue weighted by Gasteiger charge is 2.30. The number of nitrogens with zero attached hydrogens (tertiary/aromatic N) is 4. The molecule has 4 atom stereocenters. The minimum absolute atomic E-state index is 0.203. The van der Waals surface area contributed by atoms with Crippen molar-refractivity contribution < 1.29 is 18.9 Å². The van der Waals surface area contributed by atoms with Crippen LogP contribution in [0.4, 0.5) is 0 Å². The lowest BCUT2D eigenvalue weighted by Crippen LogP contribution is -2.36. The molecule has 4 aromatic heterocycles. The van der Waals surface area contributed by atoms with E-state index < -0.39 is 8.07 Å². The van der Waals surface area contributed by atoms with Crippen molar-refractivity contribution in [2.45, 2.75) is 97.2 Å². The van der Waals surface area contributed by atoms with Crippen LogP contribution in [-0.4, -0.2) is 82.3 Å². The van der Waals surface area contributed by atoms with Crippen molar-refractivity contribution in [1.82, 2.24) is 0 Å². The Kier molecular flexibility index (Phi) is 14.2. The average molecular weight is 1100 g/mol. The van der Waals surface area contributed by atoms with Gasteiger partial charge in [-0.2, -0.15) is 0 Å². The van der Waals surface area contributed by atoms with E-state index in [1.165, 1.54) is 67.1 Å². The van der Waals surface area contributed by atoms with E-state index in [9.17, 15) is 0 Å². The molecule has 8 heterocycles. The monoisotopic (exact) mass is 1090 g/mol. The molecule has 0 N–H and O–H groups in total. The average Bonchev–Trinajstić information content (AvgIpc) is 4.36. The Hall–Kier alpha value is -6.22. The summed E-state index contributed by atoms with van der Waals surface area (Å²) in [5, 5.41) is 2.22. The Bertz CT molecular complexity index is 3540. The molecule has 4 aliphatic rings. The third-order valence-corrected chi connectivity index (χ3v) is 23.2. The molecule has 0 radical (unpaired) electrons. The van der Waals surface area contributed by atoms with Crippen LogP contribution in [0.25, 0.3) is 73.8 Å². The predicted octanol–water partition coefficient (Wildman–Crippen LogP) is 16.4. The van der Waals surface area contributed by atoms with Gasteiger partial charge < -0.3 is 18.9 Å². The van der Waals surface area contributed by atoms with E-state index in [2.05, 4.69) is 174 Å². The maximum Gasteiger partial charge on any atom is 0.216 e. The van der Waals surface area contributed by atoms with E-state index in [1.54, 1.807) is 11.3 Å². The van der Waals surface area contributed by atoms with Gasteiger partial charge >= 0.3 is 0 Å². The Balaban J connectivity index is 0.986. The van der Waals surface area contributed by atoms with Crippen LogP contribution in [0.2, 0.25) is 19.6 Å². The Morgan fingerprint density at radius 2 is 0.684 bits per heavy atom. The molecule has 12 rings (SSSR count). The zero-order chi connectivity index (χ0) is 52.1. The maximum atomic E-state index is 6.11. The first-order chi connectivity index (χ1) is 37.0. The van der Waals surface area contributed by atoms with Crippen molar-refractivity contribution in [3.63, 3.8) is 0 Å². The van der Waals surface area contributed by atoms with Gasteiger partial charge in [-0.15, -0.1) is 45.3 Å². The molecule has 13 heteroatoms. The predicted molar refractivity (Wildman–Crippen MR) is 325 cm³/mol. The van der Waals surface area contributed by atoms with E-state index >= 15 is 0 Å². The zero-order valence-electron chi connectivity index (χ0n) is 44.1. The van der Waals surface area contributed by atoms with Gasteiger partial charge in [-0.05, 0) is 136 Å². The van der Waals surface area contributed by atoms with Crippen LogP contribution in [0, 0.1) is 0 Å². The largest absolute Gasteiger partial charge is 0.475 e. The van der Waals surface area contributed by atoms with Gasteiger partial charge in [0.05, 0.1) is 46.9 Å². The van der Waals surface area contributed by atoms with Gasteiger partial charge in [0, 0.05) is 53.6 Å². The fourth-order valence-corrected chi connectivity index (χ4v) is 17.3. The third-order valence-electron chi connectivity index (χ3n) is 14.7. The molecule has 0 amide bonds. The van der Waals surface area contributed by atoms with E-state index in [-0.39, 0.29) is 24.2 Å². The third kappa shape index (κ3) is 10.0. The molecule has 0 saturated heterocycles. The van der Waals surface area contributed by atoms with Gasteiger partial charge in [-0.3, -0.25) is 0 Å². The molecule has 386 valence electrons. The second-order valence-electron chi connectivity index (χ2n) is 21.0. The number of ether oxygens (including phenoxy) is 4. The first-order valence-electron chi connectivity index (χ1n) is 26.8. The number of thiophene rings is 4. The Morgan fingerprint density at radius 1 is 0.382 bits per heavy atom. The molecule has 4 aromatic carbocycles. The van der Waals surface area contributed by atoms with E-state index in [4.69, 9.17) is 38.9 Å². The minimum atomic E-state index is -1.84. The molecular weight excluding hydrogens is 1030 g/mol. The topological polar surface area (TPSA) is 86.4 Å². The van der Waals surface area contributed by atoms with Crippen LogP contribution in [-0.2, 0) is 18.9 Å². The first kappa shape index (κ1) is 50.6. The molecule has 76 heavy (non-hydrogen) atoms. The maximum absolute atomic E-state index is 6.11. The summed E-state index contributed by atoms with van der Waals surface area (Å²) < 4.78 is 25.7. The van der Waals surface area contributed by atoms with Crippen molar-refractivity contribution in [2.75, 3.05) is 26.4 Å². The van der Waals surface area contributed by atoms with Crippen LogP contribution < -0.4 is 4.50 Å². The SMILES string of the molecule is CC[C@@H]1COC(c2ccc(-c3ccsc3-c3cc(-c4ccc(C5=N[C@H](CC)CO5)cc4)c(-c4cc(-c5ccc(C6=N[C@H](CC)CO6)cc5)c(-c5cc(-c6ccc(C7=N[C@H](CC)CO7)cc6)c([Si](C)(C)C)s5)s4)s3)cc2)=N1. The second-order valence-corrected chi connectivity index (χ2v) is 30.4. The van der Waals surface area contributed by atoms with E-state index in [0.717, 1.165) is 82.7 Å². The molecule has 8 nitrogen and oxygen atoms in total. The highest BCUT2D eigenvalue weighted by atomic mass is 32.1. The molecule has 0 fully saturated rings. The quantitative estimate of drug-likeness (QED) is 0.0902. The van der Waals surface area contributed by atoms with E-state index in [0.29, 0.717) is 26.4 Å². The van der Waals surface area contributed by atoms with Crippen molar-refractivity contribution in [3.8, 4) is 73.8 Å². The van der Waals surface area contributed by atoms with Crippen molar-refractivity contribution in [3.05, 3.63) is 149 Å². The molecule has 8 aromatic rings. The smallest absolute Gasteiger partial charge is 0.216 e. The van der Waals surface area contributed by atoms with Gasteiger partial charge in [-0.1, -0.05) is 95.9 Å². The summed E-state index contributed by atoms with van der Waals surface area (Å²) in [6, 6.07) is 45.8. The lowest BCUT2D eigenvalue weighted by atomic mass is 10.00. The van der Waals surface area contributed by atoms with Gasteiger partial charge in [-0.25, -0.2) is 20.0 Å². The van der Waals surface area contributed by atoms with Crippen LogP contribution in [0.1, 0.15) is 75.6 Å². The van der Waals surface area contributed by atoms with Gasteiger partial charge in [0.1, 0.15) is 26.4 Å². The highest BCUT2D eigenvalue weighted by Crippen LogP contribution is 2.53. The van der Waals surface area contributed by atoms with Gasteiger partial charge in [0.15, 0.2) is 0 Å². The highest BCUT2D eigenvalue weighted by molar-refractivity contribution is 7.33. The molecular formula is C63H62N4O4S4Si. The zero-order valence-corrected chi connectivity index (χ0v) is 48.4. The fourth-order valence-electron chi connectivity index (χ4n) is 10.1. The fraction of sp³-hybridized carbons (Fsp3) is 0.302. The summed E-state index contributed by atoms with van der Waals surface area (Å²) in [6.07, 6.45) is 3.88. The van der Waals surface area contributed by atoms with Gasteiger partial charge in [0.2, 0.25) is 23.6 Å². The molecule has 0 unspecified atom stereocenters. The second kappa shape index (κ2) is 21.3. The molecule has 0 aliphatic carbocycles. The Labute approximate surface area is 463 Å². The standard InChI is InChI=1S/C63H62N4O4S4Si/c1-8-45-33-68-59(64-45)41-20-12-37(13-21-41)49-28-29-72-56(49)53-30-50(38-14-22-42(23-15-38)60-65-46(9-2)34-69-60)57(73-53)54-31-51(39-16-24-43(25-17-39)61-66-47(10-3)35-70-61)58(74-54)55-32-52(63(75-55)76(5,6)7)40-18-26-44(27-19-40)62-67-48(11-4)36-71-62/h12-32,45-48H,8-11,33-36H2,1-7H3/t45-,46-,47-,48-/m1/s1. The summed E-state index contributed by atoms with van der Waals surface area (Å²) >= 11 is 7.55. The van der Waals surface area contributed by atoms with Crippen LogP contribution >= 0.6 is 45.3 Å². The van der Waals surface area contributed by atoms with Crippen molar-refractivity contribution >= 4 is 81.5 Å². The summed E-state index contributed by atoms with van der Waals surface area (Å²) in [5.74, 6) is 2.96. The summed E-state index contributed by atoms with van der Waals surface area (Å²) in [4.78, 5) is 27.0. The lowest BCUT2D eigenvalue weighted by Gasteiger charge is -2.17. The molecule has 4 aliphatic heterocycles. The van der Waals surface area contributed by atoms with Crippen LogP contribution in [0.3, 0.4) is 0 Å². The number of benzene rings is 4. The number of hydrogen-bond acceptors (Lipinski definition) is 12. The molecule has 0 saturated carbocycles. The van der Waals surface area contributed by atoms with Crippen LogP contribution in [0.5, 0.6) is 0 Å². The van der Waals surface area contributed by atoms with Gasteiger partial charge in [0.25, 0.3) is 0 Å². The van der Waals surface area contributed by atoms with E-state index in [1.807, 2.05) is 34.0 Å². The van der Waals surface area contributed by atoms with Crippen molar-refractivity contribution in [1.29, 1.82) is 0 Å². The van der Waals surface area contributed by atoms with Crippen molar-refractivity contribution in [2.24, 2.45) is 20.0 Å².